The molecule has 0 bridgehead atoms. The van der Waals surface area contributed by atoms with Gasteiger partial charge in [-0.15, -0.1) is 0 Å². The van der Waals surface area contributed by atoms with E-state index in [4.69, 9.17) is 18.0 Å². The number of carbonyl (C=O) groups excluding carboxylic acids is 1. The van der Waals surface area contributed by atoms with Gasteiger partial charge in [-0.2, -0.15) is 0 Å². The molecule has 0 unspecified atom stereocenters. The minimum Gasteiger partial charge on any atom is -0.465 e. The number of nitrogens with two attached hydrogens (primary N) is 1. The summed E-state index contributed by atoms with van der Waals surface area (Å²) in [5.74, 6) is -0.424. The number of anilines is 1. The minimum absolute atomic E-state index is 0.115. The molecule has 1 rings (SSSR count). The van der Waals surface area contributed by atoms with Crippen LogP contribution in [-0.2, 0) is 4.74 Å². The lowest BCUT2D eigenvalue weighted by molar-refractivity contribution is 0.0602. The second-order valence-electron chi connectivity index (χ2n) is 2.64. The molecular weight excluding hydrogens is 327 g/mol. The number of para-hydroxylation sites is 1. The lowest BCUT2D eigenvalue weighted by Gasteiger charge is -2.10. The lowest BCUT2D eigenvalue weighted by Crippen LogP contribution is -2.21. The van der Waals surface area contributed by atoms with Crippen LogP contribution in [0.1, 0.15) is 10.4 Å². The third-order valence-electron chi connectivity index (χ3n) is 1.67. The predicted molar refractivity (Wildman–Crippen MR) is 70.9 cm³/mol. The maximum atomic E-state index is 11.4. The molecule has 6 heteroatoms. The Bertz CT molecular complexity index is 409. The quantitative estimate of drug-likeness (QED) is 0.489. The topological polar surface area (TPSA) is 64.3 Å². The van der Waals surface area contributed by atoms with Crippen LogP contribution >= 0.6 is 34.8 Å². The van der Waals surface area contributed by atoms with Crippen molar-refractivity contribution in [1.29, 1.82) is 0 Å². The molecule has 3 N–H and O–H groups in total. The molecule has 1 aromatic rings. The molecule has 80 valence electrons. The fourth-order valence-electron chi connectivity index (χ4n) is 1.05. The number of rotatable bonds is 2. The summed E-state index contributed by atoms with van der Waals surface area (Å²) in [6.07, 6.45) is 0. The second kappa shape index (κ2) is 5.26. The average Bonchev–Trinajstić information content (AvgIpc) is 2.19. The highest BCUT2D eigenvalue weighted by molar-refractivity contribution is 14.1. The summed E-state index contributed by atoms with van der Waals surface area (Å²) >= 11 is 6.81. The Kier molecular flexibility index (Phi) is 4.28. The number of ether oxygens (including phenoxy) is 1. The molecule has 0 heterocycles. The number of halogens is 1. The van der Waals surface area contributed by atoms with Crippen LogP contribution in [0.15, 0.2) is 18.2 Å². The molecule has 4 nitrogen and oxygen atoms in total. The van der Waals surface area contributed by atoms with Crippen molar-refractivity contribution in [3.8, 4) is 0 Å². The van der Waals surface area contributed by atoms with Crippen LogP contribution in [-0.4, -0.2) is 18.2 Å². The number of benzene rings is 1. The summed E-state index contributed by atoms with van der Waals surface area (Å²) in [5, 5.41) is 2.87. The molecular formula is C9H9IN2O2S. The van der Waals surface area contributed by atoms with E-state index in [1.165, 1.54) is 7.11 Å². The molecule has 0 fully saturated rings. The molecule has 0 aromatic heterocycles. The molecule has 0 saturated carbocycles. The van der Waals surface area contributed by atoms with Crippen LogP contribution in [0.2, 0.25) is 0 Å². The van der Waals surface area contributed by atoms with Gasteiger partial charge in [-0.05, 0) is 46.9 Å². The van der Waals surface area contributed by atoms with Gasteiger partial charge in [0.05, 0.1) is 18.4 Å². The first kappa shape index (κ1) is 12.2. The van der Waals surface area contributed by atoms with Gasteiger partial charge in [0.1, 0.15) is 0 Å². The van der Waals surface area contributed by atoms with E-state index >= 15 is 0 Å². The van der Waals surface area contributed by atoms with Gasteiger partial charge >= 0.3 is 5.97 Å². The molecule has 0 aliphatic heterocycles. The van der Waals surface area contributed by atoms with Gasteiger partial charge < -0.3 is 15.8 Å². The fraction of sp³-hybridized carbons (Fsp3) is 0.111. The maximum Gasteiger partial charge on any atom is 0.340 e. The van der Waals surface area contributed by atoms with Crippen LogP contribution in [0, 0.1) is 3.57 Å². The first-order valence-corrected chi connectivity index (χ1v) is 5.48. The van der Waals surface area contributed by atoms with Gasteiger partial charge in [-0.1, -0.05) is 6.07 Å². The van der Waals surface area contributed by atoms with Crippen molar-refractivity contribution in [3.05, 3.63) is 27.3 Å². The molecule has 0 saturated heterocycles. The number of methoxy groups -OCH3 is 1. The average molecular weight is 336 g/mol. The fourth-order valence-corrected chi connectivity index (χ4v) is 1.79. The summed E-state index contributed by atoms with van der Waals surface area (Å²) in [4.78, 5) is 11.4. The summed E-state index contributed by atoms with van der Waals surface area (Å²) in [5.41, 5.74) is 6.36. The van der Waals surface area contributed by atoms with Crippen molar-refractivity contribution in [2.75, 3.05) is 12.4 Å². The van der Waals surface area contributed by atoms with E-state index in [-0.39, 0.29) is 5.11 Å². The summed E-state index contributed by atoms with van der Waals surface area (Å²) in [6.45, 7) is 0. The first-order chi connectivity index (χ1) is 7.06. The zero-order valence-electron chi connectivity index (χ0n) is 7.91. The first-order valence-electron chi connectivity index (χ1n) is 3.99. The maximum absolute atomic E-state index is 11.4. The van der Waals surface area contributed by atoms with Gasteiger partial charge in [0.25, 0.3) is 0 Å². The molecule has 0 aliphatic carbocycles. The predicted octanol–water partition coefficient (Wildman–Crippen LogP) is 1.73. The smallest absolute Gasteiger partial charge is 0.340 e. The Labute approximate surface area is 106 Å². The van der Waals surface area contributed by atoms with Crippen LogP contribution in [0.25, 0.3) is 0 Å². The van der Waals surface area contributed by atoms with Crippen LogP contribution in [0.4, 0.5) is 5.69 Å². The van der Waals surface area contributed by atoms with E-state index in [0.29, 0.717) is 11.3 Å². The molecule has 0 amide bonds. The Morgan fingerprint density at radius 1 is 1.60 bits per heavy atom. The monoisotopic (exact) mass is 336 g/mol. The van der Waals surface area contributed by atoms with E-state index < -0.39 is 5.97 Å². The highest BCUT2D eigenvalue weighted by atomic mass is 127. The standard InChI is InChI=1S/C9H9IN2O2S/c1-14-8(13)5-3-2-4-6(10)7(5)12-9(11)15/h2-4H,1H3,(H3,11,12,15). The van der Waals surface area contributed by atoms with E-state index in [1.54, 1.807) is 12.1 Å². The number of hydrogen-bond donors (Lipinski definition) is 2. The number of esters is 1. The Morgan fingerprint density at radius 2 is 2.27 bits per heavy atom. The van der Waals surface area contributed by atoms with Crippen LogP contribution in [0.5, 0.6) is 0 Å². The number of nitrogens with one attached hydrogen (secondary N) is 1. The van der Waals surface area contributed by atoms with E-state index in [9.17, 15) is 4.79 Å². The highest BCUT2D eigenvalue weighted by Gasteiger charge is 2.14. The number of hydrogen-bond acceptors (Lipinski definition) is 3. The normalized spacial score (nSPS) is 9.47. The lowest BCUT2D eigenvalue weighted by atomic mass is 10.2. The molecule has 0 atom stereocenters. The van der Waals surface area contributed by atoms with Gasteiger partial charge in [-0.3, -0.25) is 0 Å². The van der Waals surface area contributed by atoms with Crippen molar-refractivity contribution in [2.24, 2.45) is 5.73 Å². The summed E-state index contributed by atoms with van der Waals surface area (Å²) < 4.78 is 5.50. The van der Waals surface area contributed by atoms with Crippen LogP contribution in [0.3, 0.4) is 0 Å². The van der Waals surface area contributed by atoms with Crippen molar-refractivity contribution >= 4 is 51.6 Å². The Hall–Kier alpha value is -0.890. The third kappa shape index (κ3) is 3.03. The Morgan fingerprint density at radius 3 is 2.80 bits per heavy atom. The highest BCUT2D eigenvalue weighted by Crippen LogP contribution is 2.23. The Balaban J connectivity index is 3.19. The van der Waals surface area contributed by atoms with E-state index in [1.807, 2.05) is 6.07 Å². The largest absolute Gasteiger partial charge is 0.465 e. The second-order valence-corrected chi connectivity index (χ2v) is 4.25. The number of thiocarbonyl (C=S) groups is 1. The van der Waals surface area contributed by atoms with E-state index in [2.05, 4.69) is 32.6 Å². The summed E-state index contributed by atoms with van der Waals surface area (Å²) in [6, 6.07) is 5.25. The van der Waals surface area contributed by atoms with Crippen molar-refractivity contribution in [2.45, 2.75) is 0 Å². The van der Waals surface area contributed by atoms with Crippen molar-refractivity contribution < 1.29 is 9.53 Å². The van der Waals surface area contributed by atoms with E-state index in [0.717, 1.165) is 3.57 Å². The molecule has 15 heavy (non-hydrogen) atoms. The van der Waals surface area contributed by atoms with Gasteiger partial charge in [-0.25, -0.2) is 4.79 Å². The van der Waals surface area contributed by atoms with Gasteiger partial charge in [0.2, 0.25) is 0 Å². The zero-order chi connectivity index (χ0) is 11.4. The zero-order valence-corrected chi connectivity index (χ0v) is 10.9. The van der Waals surface area contributed by atoms with Gasteiger partial charge in [0, 0.05) is 3.57 Å². The van der Waals surface area contributed by atoms with Crippen molar-refractivity contribution in [3.63, 3.8) is 0 Å². The summed E-state index contributed by atoms with van der Waals surface area (Å²) in [7, 11) is 1.33. The molecule has 0 spiro atoms. The minimum atomic E-state index is -0.424. The third-order valence-corrected chi connectivity index (χ3v) is 2.67. The molecule has 0 aliphatic rings. The van der Waals surface area contributed by atoms with Crippen LogP contribution < -0.4 is 11.1 Å². The van der Waals surface area contributed by atoms with Gasteiger partial charge in [0.15, 0.2) is 5.11 Å². The SMILES string of the molecule is COC(=O)c1cccc(I)c1NC(N)=S. The molecule has 1 aromatic carbocycles. The molecule has 0 radical (unpaired) electrons. The van der Waals surface area contributed by atoms with Crippen molar-refractivity contribution in [1.82, 2.24) is 0 Å². The number of carbonyl (C=O) groups is 1.